The van der Waals surface area contributed by atoms with Crippen LogP contribution in [0.1, 0.15) is 49.9 Å². The van der Waals surface area contributed by atoms with E-state index in [-0.39, 0.29) is 18.3 Å². The number of benzene rings is 5. The highest BCUT2D eigenvalue weighted by molar-refractivity contribution is 7.99. The molecule has 5 atom stereocenters. The van der Waals surface area contributed by atoms with E-state index in [1.807, 2.05) is 97.9 Å². The van der Waals surface area contributed by atoms with Crippen molar-refractivity contribution in [1.82, 2.24) is 0 Å². The van der Waals surface area contributed by atoms with Crippen molar-refractivity contribution in [3.63, 3.8) is 0 Å². The first-order valence-electron chi connectivity index (χ1n) is 19.2. The lowest BCUT2D eigenvalue weighted by Crippen LogP contribution is -2.68. The number of thioether (sulfide) groups is 1. The van der Waals surface area contributed by atoms with Gasteiger partial charge in [0.15, 0.2) is 8.32 Å². The van der Waals surface area contributed by atoms with Crippen molar-refractivity contribution in [1.29, 1.82) is 0 Å². The van der Waals surface area contributed by atoms with Gasteiger partial charge in [-0.1, -0.05) is 142 Å². The molecule has 56 heavy (non-hydrogen) atoms. The number of methoxy groups -OCH3 is 2. The second-order valence-corrected chi connectivity index (χ2v) is 22.0. The van der Waals surface area contributed by atoms with Crippen molar-refractivity contribution in [3.8, 4) is 11.5 Å². The lowest BCUT2D eigenvalue weighted by Gasteiger charge is -2.53. The Balaban J connectivity index is 1.44. The number of hydrogen-bond acceptors (Lipinski definition) is 8. The summed E-state index contributed by atoms with van der Waals surface area (Å²) in [5.74, 6) is 1.32. The molecule has 296 valence electrons. The predicted molar refractivity (Wildman–Crippen MR) is 227 cm³/mol. The molecule has 1 N–H and O–H groups in total. The van der Waals surface area contributed by atoms with Gasteiger partial charge in [-0.25, -0.2) is 0 Å². The van der Waals surface area contributed by atoms with Crippen LogP contribution < -0.4 is 9.47 Å². The molecule has 0 spiro atoms. The van der Waals surface area contributed by atoms with Gasteiger partial charge in [0.05, 0.1) is 27.4 Å². The molecule has 5 aromatic rings. The van der Waals surface area contributed by atoms with E-state index in [1.165, 1.54) is 0 Å². The Bertz CT molecular complexity index is 1850. The fourth-order valence-corrected chi connectivity index (χ4v) is 9.42. The minimum absolute atomic E-state index is 0.0503. The second kappa shape index (κ2) is 17.7. The number of hydrogen-bond donors (Lipinski definition) is 1. The minimum Gasteiger partial charge on any atom is -0.497 e. The molecule has 0 amide bonds. The van der Waals surface area contributed by atoms with Gasteiger partial charge < -0.3 is 33.2 Å². The average Bonchev–Trinajstić information content (AvgIpc) is 3.20. The molecule has 1 saturated heterocycles. The molecule has 5 aromatic carbocycles. The number of rotatable bonds is 15. The third kappa shape index (κ3) is 9.10. The molecule has 1 heterocycles. The summed E-state index contributed by atoms with van der Waals surface area (Å²) >= 11 is 1.56. The van der Waals surface area contributed by atoms with Gasteiger partial charge in [-0.2, -0.15) is 0 Å². The van der Waals surface area contributed by atoms with E-state index in [0.717, 1.165) is 27.1 Å². The van der Waals surface area contributed by atoms with Crippen LogP contribution in [0.5, 0.6) is 11.5 Å². The Hall–Kier alpha value is -3.93. The Kier molecular flexibility index (Phi) is 13.2. The standard InChI is InChI=1S/C47H56O7SSi/c1-45(2,3)56(7,8)54-43-42(51-32-34-29-38(49-5)31-39(30-34)50-6)44(55-40-27-19-12-20-28-40)53-41(46(43,4)48)33-52-47(35-21-13-9-14-22-35,36-23-15-10-16-24-36)37-25-17-11-18-26-37/h9-31,41-44,48H,32-33H2,1-8H3/t41-,42-,43-,44+,46-/m1/s1. The van der Waals surface area contributed by atoms with E-state index in [0.29, 0.717) is 11.5 Å². The van der Waals surface area contributed by atoms with Gasteiger partial charge in [0.1, 0.15) is 46.4 Å². The van der Waals surface area contributed by atoms with E-state index < -0.39 is 43.3 Å². The van der Waals surface area contributed by atoms with Crippen LogP contribution in [0.3, 0.4) is 0 Å². The summed E-state index contributed by atoms with van der Waals surface area (Å²) in [6.07, 6.45) is -2.27. The van der Waals surface area contributed by atoms with Crippen LogP contribution in [0.4, 0.5) is 0 Å². The highest BCUT2D eigenvalue weighted by atomic mass is 32.2. The molecular formula is C47H56O7SSi. The second-order valence-electron chi connectivity index (χ2n) is 16.0. The van der Waals surface area contributed by atoms with Gasteiger partial charge in [0.2, 0.25) is 0 Å². The molecule has 1 fully saturated rings. The first-order chi connectivity index (χ1) is 26.8. The number of ether oxygens (including phenoxy) is 5. The van der Waals surface area contributed by atoms with E-state index in [9.17, 15) is 5.11 Å². The molecule has 7 nitrogen and oxygen atoms in total. The van der Waals surface area contributed by atoms with Crippen molar-refractivity contribution in [2.75, 3.05) is 20.8 Å². The Labute approximate surface area is 338 Å². The molecule has 6 rings (SSSR count). The molecule has 9 heteroatoms. The summed E-state index contributed by atoms with van der Waals surface area (Å²) in [4.78, 5) is 1.01. The third-order valence-corrected chi connectivity index (χ3v) is 16.8. The highest BCUT2D eigenvalue weighted by Gasteiger charge is 2.57. The number of aliphatic hydroxyl groups is 1. The van der Waals surface area contributed by atoms with Gasteiger partial charge in [-0.05, 0) is 71.6 Å². The Morgan fingerprint density at radius 1 is 0.714 bits per heavy atom. The van der Waals surface area contributed by atoms with E-state index >= 15 is 0 Å². The van der Waals surface area contributed by atoms with Crippen molar-refractivity contribution in [3.05, 3.63) is 162 Å². The summed E-state index contributed by atoms with van der Waals surface area (Å²) < 4.78 is 39.7. The first-order valence-corrected chi connectivity index (χ1v) is 23.0. The SMILES string of the molecule is COc1cc(CO[C@@H]2[C@@H](O[Si](C)(C)C(C)(C)C)[C@](C)(O)[C@@H](COC(c3ccccc3)(c3ccccc3)c3ccccc3)O[C@H]2Sc2ccccc2)cc(OC)c1. The zero-order chi connectivity index (χ0) is 40.0. The summed E-state index contributed by atoms with van der Waals surface area (Å²) in [5.41, 5.74) is 0.619. The molecule has 0 radical (unpaired) electrons. The molecular weight excluding hydrogens is 737 g/mol. The molecule has 0 aliphatic carbocycles. The van der Waals surface area contributed by atoms with E-state index in [2.05, 4.69) is 82.4 Å². The fraction of sp³-hybridized carbons (Fsp3) is 0.362. The fourth-order valence-electron chi connectivity index (χ4n) is 6.93. The van der Waals surface area contributed by atoms with Gasteiger partial charge in [0.25, 0.3) is 0 Å². The molecule has 0 bridgehead atoms. The van der Waals surface area contributed by atoms with Crippen LogP contribution in [0.25, 0.3) is 0 Å². The normalized spacial score (nSPS) is 21.7. The third-order valence-electron chi connectivity index (χ3n) is 11.2. The zero-order valence-corrected chi connectivity index (χ0v) is 35.6. The summed E-state index contributed by atoms with van der Waals surface area (Å²) in [7, 11) is 0.746. The molecule has 1 aliphatic heterocycles. The molecule has 1 aliphatic rings. The maximum atomic E-state index is 13.0. The van der Waals surface area contributed by atoms with Crippen molar-refractivity contribution < 1.29 is 33.2 Å². The summed E-state index contributed by atoms with van der Waals surface area (Å²) in [6.45, 7) is 13.1. The van der Waals surface area contributed by atoms with Gasteiger partial charge in [-0.3, -0.25) is 0 Å². The topological polar surface area (TPSA) is 75.6 Å². The van der Waals surface area contributed by atoms with Gasteiger partial charge >= 0.3 is 0 Å². The van der Waals surface area contributed by atoms with E-state index in [4.69, 9.17) is 28.1 Å². The minimum atomic E-state index is -2.52. The maximum Gasteiger partial charge on any atom is 0.192 e. The largest absolute Gasteiger partial charge is 0.497 e. The highest BCUT2D eigenvalue weighted by Crippen LogP contribution is 2.47. The molecule has 0 saturated carbocycles. The van der Waals surface area contributed by atoms with Crippen LogP contribution >= 0.6 is 11.8 Å². The van der Waals surface area contributed by atoms with Crippen molar-refractivity contribution >= 4 is 20.1 Å². The van der Waals surface area contributed by atoms with Gasteiger partial charge in [-0.15, -0.1) is 0 Å². The zero-order valence-electron chi connectivity index (χ0n) is 33.8. The summed E-state index contributed by atoms with van der Waals surface area (Å²) in [6, 6.07) is 46.6. The lowest BCUT2D eigenvalue weighted by molar-refractivity contribution is -0.264. The van der Waals surface area contributed by atoms with Crippen LogP contribution in [0, 0.1) is 0 Å². The van der Waals surface area contributed by atoms with E-state index in [1.54, 1.807) is 26.0 Å². The smallest absolute Gasteiger partial charge is 0.192 e. The quantitative estimate of drug-likeness (QED) is 0.0830. The van der Waals surface area contributed by atoms with Crippen LogP contribution in [0.2, 0.25) is 18.1 Å². The Morgan fingerprint density at radius 2 is 1.18 bits per heavy atom. The van der Waals surface area contributed by atoms with Crippen molar-refractivity contribution in [2.45, 2.75) is 92.3 Å². The Morgan fingerprint density at radius 3 is 1.62 bits per heavy atom. The molecule has 0 aromatic heterocycles. The van der Waals surface area contributed by atoms with Crippen LogP contribution in [-0.2, 0) is 30.8 Å². The van der Waals surface area contributed by atoms with Gasteiger partial charge in [0, 0.05) is 11.0 Å². The monoisotopic (exact) mass is 792 g/mol. The molecule has 0 unspecified atom stereocenters. The average molecular weight is 793 g/mol. The van der Waals surface area contributed by atoms with Crippen molar-refractivity contribution in [2.24, 2.45) is 0 Å². The maximum absolute atomic E-state index is 13.0. The van der Waals surface area contributed by atoms with Crippen LogP contribution in [0.15, 0.2) is 144 Å². The predicted octanol–water partition coefficient (Wildman–Crippen LogP) is 10.3. The lowest BCUT2D eigenvalue weighted by atomic mass is 9.79. The van der Waals surface area contributed by atoms with Crippen LogP contribution in [-0.4, -0.2) is 63.6 Å². The first kappa shape index (κ1) is 41.7. The summed E-state index contributed by atoms with van der Waals surface area (Å²) in [5, 5.41) is 12.9.